The van der Waals surface area contributed by atoms with Crippen molar-refractivity contribution in [2.75, 3.05) is 13.7 Å². The van der Waals surface area contributed by atoms with Gasteiger partial charge >= 0.3 is 0 Å². The van der Waals surface area contributed by atoms with Crippen molar-refractivity contribution >= 4 is 0 Å². The fourth-order valence-electron chi connectivity index (χ4n) is 3.48. The van der Waals surface area contributed by atoms with Crippen molar-refractivity contribution in [3.63, 3.8) is 0 Å². The van der Waals surface area contributed by atoms with Crippen LogP contribution < -0.4 is 10.1 Å². The van der Waals surface area contributed by atoms with Gasteiger partial charge in [0.1, 0.15) is 5.75 Å². The van der Waals surface area contributed by atoms with Crippen LogP contribution in [0.3, 0.4) is 0 Å². The Kier molecular flexibility index (Phi) is 7.81. The summed E-state index contributed by atoms with van der Waals surface area (Å²) in [7, 11) is 1.76. The summed E-state index contributed by atoms with van der Waals surface area (Å²) < 4.78 is 5.51. The second-order valence-corrected chi connectivity index (χ2v) is 6.06. The van der Waals surface area contributed by atoms with E-state index in [1.54, 1.807) is 7.11 Å². The summed E-state index contributed by atoms with van der Waals surface area (Å²) in [4.78, 5) is 0. The zero-order valence-corrected chi connectivity index (χ0v) is 14.8. The number of hydrogen-bond acceptors (Lipinski definition) is 2. The second kappa shape index (κ2) is 9.09. The standard InChI is InChI=1S/C19H33NO/c1-7-10-16(11-8-2)18(20-9-3)17-12-14(4)19(21-6)15(5)13-17/h12-13,16,18,20H,7-11H2,1-6H3. The summed E-state index contributed by atoms with van der Waals surface area (Å²) in [5.41, 5.74) is 3.89. The van der Waals surface area contributed by atoms with Crippen LogP contribution in [0.5, 0.6) is 5.75 Å². The van der Waals surface area contributed by atoms with Crippen molar-refractivity contribution < 1.29 is 4.74 Å². The molecular formula is C19H33NO. The maximum absolute atomic E-state index is 5.51. The smallest absolute Gasteiger partial charge is 0.124 e. The van der Waals surface area contributed by atoms with Gasteiger partial charge in [-0.05, 0) is 55.8 Å². The van der Waals surface area contributed by atoms with Crippen molar-refractivity contribution in [2.45, 2.75) is 66.3 Å². The quantitative estimate of drug-likeness (QED) is 0.677. The van der Waals surface area contributed by atoms with Gasteiger partial charge in [-0.25, -0.2) is 0 Å². The predicted octanol–water partition coefficient (Wildman–Crippen LogP) is 5.18. The van der Waals surface area contributed by atoms with Crippen LogP contribution in [0.15, 0.2) is 12.1 Å². The van der Waals surface area contributed by atoms with Crippen molar-refractivity contribution in [1.82, 2.24) is 5.32 Å². The Morgan fingerprint density at radius 1 is 1.00 bits per heavy atom. The molecule has 0 bridgehead atoms. The SMILES string of the molecule is CCCC(CCC)C(NCC)c1cc(C)c(OC)c(C)c1. The van der Waals surface area contributed by atoms with E-state index in [4.69, 9.17) is 4.74 Å². The molecule has 120 valence electrons. The van der Waals surface area contributed by atoms with Crippen molar-refractivity contribution in [2.24, 2.45) is 5.92 Å². The van der Waals surface area contributed by atoms with Crippen molar-refractivity contribution in [3.05, 3.63) is 28.8 Å². The number of rotatable bonds is 9. The maximum Gasteiger partial charge on any atom is 0.124 e. The molecule has 0 saturated heterocycles. The molecule has 1 aromatic carbocycles. The minimum absolute atomic E-state index is 0.457. The number of benzene rings is 1. The Morgan fingerprint density at radius 3 is 1.90 bits per heavy atom. The lowest BCUT2D eigenvalue weighted by Gasteiger charge is -2.29. The van der Waals surface area contributed by atoms with E-state index in [2.05, 4.69) is 52.1 Å². The molecule has 0 saturated carbocycles. The van der Waals surface area contributed by atoms with E-state index in [0.29, 0.717) is 12.0 Å². The molecule has 1 aromatic rings. The molecule has 1 rings (SSSR count). The highest BCUT2D eigenvalue weighted by Crippen LogP contribution is 2.33. The molecule has 1 N–H and O–H groups in total. The maximum atomic E-state index is 5.51. The summed E-state index contributed by atoms with van der Waals surface area (Å²) in [5, 5.41) is 3.72. The van der Waals surface area contributed by atoms with Gasteiger partial charge in [0.05, 0.1) is 7.11 Å². The van der Waals surface area contributed by atoms with Crippen LogP contribution in [0.25, 0.3) is 0 Å². The first-order valence-corrected chi connectivity index (χ1v) is 8.47. The third-order valence-corrected chi connectivity index (χ3v) is 4.26. The number of hydrogen-bond donors (Lipinski definition) is 1. The lowest BCUT2D eigenvalue weighted by Crippen LogP contribution is -2.28. The van der Waals surface area contributed by atoms with Gasteiger partial charge in [0.25, 0.3) is 0 Å². The molecule has 2 heteroatoms. The van der Waals surface area contributed by atoms with Gasteiger partial charge in [0.2, 0.25) is 0 Å². The van der Waals surface area contributed by atoms with Gasteiger partial charge in [-0.15, -0.1) is 0 Å². The molecule has 0 fully saturated rings. The van der Waals surface area contributed by atoms with Gasteiger partial charge in [-0.1, -0.05) is 45.7 Å². The first-order chi connectivity index (χ1) is 10.1. The summed E-state index contributed by atoms with van der Waals surface area (Å²) in [6.45, 7) is 12.1. The van der Waals surface area contributed by atoms with Crippen LogP contribution in [-0.4, -0.2) is 13.7 Å². The third-order valence-electron chi connectivity index (χ3n) is 4.26. The molecule has 0 aliphatic carbocycles. The molecule has 21 heavy (non-hydrogen) atoms. The molecule has 0 heterocycles. The van der Waals surface area contributed by atoms with Gasteiger partial charge in [-0.2, -0.15) is 0 Å². The summed E-state index contributed by atoms with van der Waals surface area (Å²) in [6.07, 6.45) is 5.08. The number of nitrogens with one attached hydrogen (secondary N) is 1. The molecule has 0 aliphatic rings. The van der Waals surface area contributed by atoms with Crippen LogP contribution in [-0.2, 0) is 0 Å². The first kappa shape index (κ1) is 18.0. The minimum Gasteiger partial charge on any atom is -0.496 e. The highest BCUT2D eigenvalue weighted by atomic mass is 16.5. The summed E-state index contributed by atoms with van der Waals surface area (Å²) >= 11 is 0. The Balaban J connectivity index is 3.14. The second-order valence-electron chi connectivity index (χ2n) is 6.06. The van der Waals surface area contributed by atoms with Crippen molar-refractivity contribution in [1.29, 1.82) is 0 Å². The number of methoxy groups -OCH3 is 1. The normalized spacial score (nSPS) is 12.7. The molecule has 1 atom stereocenters. The first-order valence-electron chi connectivity index (χ1n) is 8.47. The molecule has 0 aliphatic heterocycles. The van der Waals surface area contributed by atoms with E-state index < -0.39 is 0 Å². The Labute approximate surface area is 131 Å². The zero-order chi connectivity index (χ0) is 15.8. The van der Waals surface area contributed by atoms with Crippen LogP contribution >= 0.6 is 0 Å². The van der Waals surface area contributed by atoms with Gasteiger partial charge < -0.3 is 10.1 Å². The van der Waals surface area contributed by atoms with Crippen molar-refractivity contribution in [3.8, 4) is 5.75 Å². The Morgan fingerprint density at radius 2 is 1.52 bits per heavy atom. The van der Waals surface area contributed by atoms with Gasteiger partial charge in [0.15, 0.2) is 0 Å². The van der Waals surface area contributed by atoms with Gasteiger partial charge in [-0.3, -0.25) is 0 Å². The number of ether oxygens (including phenoxy) is 1. The highest BCUT2D eigenvalue weighted by molar-refractivity contribution is 5.44. The van der Waals surface area contributed by atoms with E-state index in [0.717, 1.165) is 12.3 Å². The highest BCUT2D eigenvalue weighted by Gasteiger charge is 2.22. The molecular weight excluding hydrogens is 258 g/mol. The molecule has 0 amide bonds. The van der Waals surface area contributed by atoms with E-state index in [1.807, 2.05) is 0 Å². The molecule has 0 aromatic heterocycles. The predicted molar refractivity (Wildman–Crippen MR) is 92.2 cm³/mol. The van der Waals surface area contributed by atoms with Crippen LogP contribution in [0.1, 0.15) is 69.2 Å². The lowest BCUT2D eigenvalue weighted by atomic mass is 9.85. The Hall–Kier alpha value is -1.02. The average Bonchev–Trinajstić information content (AvgIpc) is 2.44. The van der Waals surface area contributed by atoms with E-state index in [-0.39, 0.29) is 0 Å². The number of aryl methyl sites for hydroxylation is 2. The average molecular weight is 291 g/mol. The fourth-order valence-corrected chi connectivity index (χ4v) is 3.48. The lowest BCUT2D eigenvalue weighted by molar-refractivity contribution is 0.319. The van der Waals surface area contributed by atoms with E-state index >= 15 is 0 Å². The summed E-state index contributed by atoms with van der Waals surface area (Å²) in [5.74, 6) is 1.74. The van der Waals surface area contributed by atoms with E-state index in [9.17, 15) is 0 Å². The molecule has 0 spiro atoms. The third kappa shape index (κ3) is 4.74. The fraction of sp³-hybridized carbons (Fsp3) is 0.684. The summed E-state index contributed by atoms with van der Waals surface area (Å²) in [6, 6.07) is 5.06. The Bertz CT molecular complexity index is 399. The topological polar surface area (TPSA) is 21.3 Å². The zero-order valence-electron chi connectivity index (χ0n) is 14.8. The molecule has 1 unspecified atom stereocenters. The minimum atomic E-state index is 0.457. The van der Waals surface area contributed by atoms with Gasteiger partial charge in [0, 0.05) is 6.04 Å². The molecule has 0 radical (unpaired) electrons. The molecule has 2 nitrogen and oxygen atoms in total. The monoisotopic (exact) mass is 291 g/mol. The van der Waals surface area contributed by atoms with Crippen LogP contribution in [0.4, 0.5) is 0 Å². The van der Waals surface area contributed by atoms with Crippen LogP contribution in [0.2, 0.25) is 0 Å². The largest absolute Gasteiger partial charge is 0.496 e. The van der Waals surface area contributed by atoms with Crippen LogP contribution in [0, 0.1) is 19.8 Å². The van der Waals surface area contributed by atoms with E-state index in [1.165, 1.54) is 42.4 Å².